The summed E-state index contributed by atoms with van der Waals surface area (Å²) in [6.07, 6.45) is 6.81. The van der Waals surface area contributed by atoms with Gasteiger partial charge in [-0.25, -0.2) is 0 Å². The van der Waals surface area contributed by atoms with Crippen LogP contribution in [0.3, 0.4) is 0 Å². The van der Waals surface area contributed by atoms with Gasteiger partial charge in [0.1, 0.15) is 72.2 Å². The van der Waals surface area contributed by atoms with Crippen LogP contribution >= 0.6 is 11.6 Å². The van der Waals surface area contributed by atoms with Crippen LogP contribution in [0, 0.1) is 5.92 Å². The van der Waals surface area contributed by atoms with Crippen molar-refractivity contribution in [3.8, 4) is 0 Å². The van der Waals surface area contributed by atoms with Crippen LogP contribution < -0.4 is 74.9 Å². The lowest BCUT2D eigenvalue weighted by Gasteiger charge is -2.31. The van der Waals surface area contributed by atoms with Gasteiger partial charge in [-0.05, 0) is 161 Å². The van der Waals surface area contributed by atoms with E-state index in [1.165, 1.54) is 43.4 Å². The fourth-order valence-electron chi connectivity index (χ4n) is 13.3. The van der Waals surface area contributed by atoms with Gasteiger partial charge in [0.15, 0.2) is 0 Å². The lowest BCUT2D eigenvalue weighted by atomic mass is 9.99. The molecule has 0 spiro atoms. The van der Waals surface area contributed by atoms with E-state index in [2.05, 4.69) is 79.1 Å². The van der Waals surface area contributed by atoms with Gasteiger partial charge in [-0.15, -0.1) is 0 Å². The maximum Gasteiger partial charge on any atom is 0.269 e. The van der Waals surface area contributed by atoms with E-state index in [-0.39, 0.29) is 133 Å². The summed E-state index contributed by atoms with van der Waals surface area (Å²) in [6.45, 7) is 10.1. The molecular weight excluding hydrogens is 1490 g/mol. The van der Waals surface area contributed by atoms with Crippen LogP contribution in [-0.4, -0.2) is 208 Å². The predicted octanol–water partition coefficient (Wildman–Crippen LogP) is 1.56. The number of pyridine rings is 2. The van der Waals surface area contributed by atoms with Gasteiger partial charge in [0.2, 0.25) is 76.8 Å². The molecule has 114 heavy (non-hydrogen) atoms. The molecule has 0 unspecified atom stereocenters. The Kier molecular flexibility index (Phi) is 36.6. The minimum Gasteiger partial charge on any atom is -0.394 e. The number of benzene rings is 3. The zero-order valence-corrected chi connectivity index (χ0v) is 66.2. The quantitative estimate of drug-likeness (QED) is 0.0246. The van der Waals surface area contributed by atoms with Crippen LogP contribution in [0.15, 0.2) is 116 Å². The molecule has 4 heterocycles. The number of carbonyl (C=O) groups is 14. The largest absolute Gasteiger partial charge is 0.394 e. The molecule has 2 fully saturated rings. The number of rotatable bonds is 46. The SMILES string of the molecule is CC(=O)N[C@H](Cc1ccc2ccccc2c1)C(=O)N[C@H](Cc1ccc(Cl)cc1)C(=O)N[C@H](Cc1cccnc1)C(=O)N[C@@H](CO)C(=O)N[C@@H](CCCCNC(=O)[C@@H]1CCC(=O)N1)C(=O)N[C@H](CCCCNC(=O)c1ccccn1)C(=O)N[C@@H](CC(C)C)C(=O)N[C@@H](CCCCNC(C)C)C(=O)N1CCC[C@H]1C(=O)N[C@H](C)C(N)=O. The number of nitrogens with one attached hydrogen (secondary N) is 13. The van der Waals surface area contributed by atoms with E-state index in [0.29, 0.717) is 47.5 Å². The Morgan fingerprint density at radius 3 is 1.66 bits per heavy atom. The van der Waals surface area contributed by atoms with Crippen LogP contribution in [0.4, 0.5) is 0 Å². The average molecular weight is 1600 g/mol. The maximum absolute atomic E-state index is 15.2. The fraction of sp³-hybridized carbons (Fsp3) is 0.506. The second-order valence-corrected chi connectivity index (χ2v) is 30.1. The Morgan fingerprint density at radius 1 is 0.544 bits per heavy atom. The molecule has 32 nitrogen and oxygen atoms in total. The Bertz CT molecular complexity index is 4100. The monoisotopic (exact) mass is 1600 g/mol. The van der Waals surface area contributed by atoms with Crippen molar-refractivity contribution in [3.63, 3.8) is 0 Å². The van der Waals surface area contributed by atoms with Crippen molar-refractivity contribution in [2.75, 3.05) is 32.8 Å². The second-order valence-electron chi connectivity index (χ2n) is 29.6. The number of fused-ring (bicyclic) bond motifs is 1. The molecule has 7 rings (SSSR count). The molecule has 2 aromatic heterocycles. The number of aliphatic hydroxyl groups excluding tert-OH is 1. The van der Waals surface area contributed by atoms with Gasteiger partial charge in [0, 0.05) is 81.9 Å². The molecule has 616 valence electrons. The molecule has 5 aromatic rings. The Hall–Kier alpha value is -11.0. The van der Waals surface area contributed by atoms with Crippen LogP contribution in [-0.2, 0) is 81.6 Å². The lowest BCUT2D eigenvalue weighted by Crippen LogP contribution is -2.61. The Labute approximate surface area is 668 Å². The number of amides is 14. The van der Waals surface area contributed by atoms with E-state index in [9.17, 15) is 62.6 Å². The van der Waals surface area contributed by atoms with Crippen LogP contribution in [0.1, 0.15) is 159 Å². The number of primary amides is 1. The molecule has 0 radical (unpaired) electrons. The van der Waals surface area contributed by atoms with Gasteiger partial charge in [-0.3, -0.25) is 77.1 Å². The molecule has 2 aliphatic heterocycles. The molecule has 3 aromatic carbocycles. The predicted molar refractivity (Wildman–Crippen MR) is 425 cm³/mol. The third-order valence-electron chi connectivity index (χ3n) is 19.5. The van der Waals surface area contributed by atoms with Crippen molar-refractivity contribution in [1.82, 2.24) is 84.0 Å². The summed E-state index contributed by atoms with van der Waals surface area (Å²) in [6, 6.07) is 13.5. The minimum absolute atomic E-state index is 0.0222. The first-order valence-electron chi connectivity index (χ1n) is 39.1. The van der Waals surface area contributed by atoms with E-state index >= 15 is 9.59 Å². The molecule has 11 atom stereocenters. The van der Waals surface area contributed by atoms with E-state index in [4.69, 9.17) is 17.3 Å². The summed E-state index contributed by atoms with van der Waals surface area (Å²) in [5.41, 5.74) is 7.28. The lowest BCUT2D eigenvalue weighted by molar-refractivity contribution is -0.142. The number of unbranched alkanes of at least 4 members (excludes halogenated alkanes) is 3. The zero-order valence-electron chi connectivity index (χ0n) is 65.5. The van der Waals surface area contributed by atoms with Gasteiger partial charge < -0.3 is 84.9 Å². The van der Waals surface area contributed by atoms with Crippen molar-refractivity contribution < 1.29 is 72.2 Å². The van der Waals surface area contributed by atoms with Crippen LogP contribution in [0.25, 0.3) is 10.8 Å². The van der Waals surface area contributed by atoms with Gasteiger partial charge >= 0.3 is 0 Å². The number of aliphatic hydroxyl groups is 1. The first kappa shape index (κ1) is 90.2. The molecule has 0 aliphatic carbocycles. The highest BCUT2D eigenvalue weighted by molar-refractivity contribution is 6.30. The van der Waals surface area contributed by atoms with Gasteiger partial charge in [-0.2, -0.15) is 0 Å². The number of nitrogens with two attached hydrogens (primary N) is 1. The summed E-state index contributed by atoms with van der Waals surface area (Å²) in [5, 5.41) is 49.2. The van der Waals surface area contributed by atoms with Crippen LogP contribution in [0.5, 0.6) is 0 Å². The number of aromatic nitrogens is 2. The third-order valence-corrected chi connectivity index (χ3v) is 19.7. The molecule has 16 N–H and O–H groups in total. The molecule has 0 bridgehead atoms. The fourth-order valence-corrected chi connectivity index (χ4v) is 13.4. The van der Waals surface area contributed by atoms with E-state index in [1.54, 1.807) is 48.5 Å². The van der Waals surface area contributed by atoms with E-state index in [1.807, 2.05) is 70.2 Å². The summed E-state index contributed by atoms with van der Waals surface area (Å²) >= 11 is 6.26. The Morgan fingerprint density at radius 2 is 1.08 bits per heavy atom. The maximum atomic E-state index is 15.2. The van der Waals surface area contributed by atoms with Gasteiger partial charge in [-0.1, -0.05) is 106 Å². The normalized spacial score (nSPS) is 16.2. The highest BCUT2D eigenvalue weighted by Crippen LogP contribution is 2.23. The standard InChI is InChI=1S/C81H110ClN17O15/c1-48(2)41-63(75(108)94-62(25-12-13-36-85-49(3)4)81(114)99-40-18-26-68(99)80(113)89-50(5)70(83)103)95-74(107)60(24-10-15-38-87-71(104)58-22-9-14-37-86-58)92-73(106)59(23-11-16-39-88-72(105)61-33-34-69(102)91-61)93-79(112)67(47-100)98-78(111)66(45-54-19-17-35-84-46-54)97-77(110)65(43-52-28-31-57(82)32-29-52)96-76(109)64(90-51(6)101)44-53-27-30-55-20-7-8-21-56(55)42-53/h7-9,14,17,19-22,27-32,35,37,42,46,48-50,59-68,85,100H,10-13,15-16,18,23-26,33-34,36,38-41,43-45,47H2,1-6H3,(H2,83,103)(H,87,104)(H,88,105)(H,89,113)(H,90,101)(H,91,102)(H,92,106)(H,93,112)(H,94,108)(H,95,107)(H,96,109)(H,97,110)(H,98,111)/t50-,59+,60-,61+,62+,63+,64-,65-,66-,67+,68+/m1/s1. The number of hydrogen-bond acceptors (Lipinski definition) is 18. The van der Waals surface area contributed by atoms with Crippen molar-refractivity contribution in [3.05, 3.63) is 143 Å². The van der Waals surface area contributed by atoms with Crippen molar-refractivity contribution >= 4 is 105 Å². The molecule has 2 saturated heterocycles. The van der Waals surface area contributed by atoms with Crippen molar-refractivity contribution in [2.24, 2.45) is 11.7 Å². The first-order valence-corrected chi connectivity index (χ1v) is 39.4. The second kappa shape index (κ2) is 46.3. The number of likely N-dealkylation sites (tertiary alicyclic amines) is 1. The van der Waals surface area contributed by atoms with E-state index in [0.717, 1.165) is 10.8 Å². The molecule has 14 amide bonds. The molecule has 2 aliphatic rings. The third kappa shape index (κ3) is 29.8. The highest BCUT2D eigenvalue weighted by Gasteiger charge is 2.41. The smallest absolute Gasteiger partial charge is 0.269 e. The first-order chi connectivity index (χ1) is 54.5. The number of hydrogen-bond donors (Lipinski definition) is 15. The summed E-state index contributed by atoms with van der Waals surface area (Å²) in [7, 11) is 0. The summed E-state index contributed by atoms with van der Waals surface area (Å²) in [4.78, 5) is 205. The summed E-state index contributed by atoms with van der Waals surface area (Å²) in [5.74, 6) is -10.2. The average Bonchev–Trinajstić information content (AvgIpc) is 1.45. The summed E-state index contributed by atoms with van der Waals surface area (Å²) < 4.78 is 0. The Balaban J connectivity index is 1.15. The van der Waals surface area contributed by atoms with E-state index < -0.39 is 150 Å². The minimum atomic E-state index is -1.85. The number of carbonyl (C=O) groups excluding carboxylic acids is 14. The zero-order chi connectivity index (χ0) is 82.8. The van der Waals surface area contributed by atoms with Crippen LogP contribution in [0.2, 0.25) is 5.02 Å². The number of nitrogens with zero attached hydrogens (tertiary/aromatic N) is 3. The number of halogens is 1. The highest BCUT2D eigenvalue weighted by atomic mass is 35.5. The molecular formula is C81H110ClN17O15. The molecule has 0 saturated carbocycles. The van der Waals surface area contributed by atoms with Crippen molar-refractivity contribution in [1.29, 1.82) is 0 Å². The van der Waals surface area contributed by atoms with Gasteiger partial charge in [0.25, 0.3) is 5.91 Å². The van der Waals surface area contributed by atoms with Crippen molar-refractivity contribution in [2.45, 2.75) is 223 Å². The van der Waals surface area contributed by atoms with Gasteiger partial charge in [0.05, 0.1) is 6.61 Å². The molecule has 33 heteroatoms. The topological polar surface area (TPSA) is 471 Å².